The van der Waals surface area contributed by atoms with E-state index in [-0.39, 0.29) is 11.5 Å². The Morgan fingerprint density at radius 1 is 1.41 bits per heavy atom. The molecule has 0 amide bonds. The van der Waals surface area contributed by atoms with E-state index in [1.165, 1.54) is 17.5 Å². The van der Waals surface area contributed by atoms with Gasteiger partial charge in [-0.15, -0.1) is 11.3 Å². The third kappa shape index (κ3) is 3.08. The molecule has 110 valence electrons. The second-order valence-corrected chi connectivity index (χ2v) is 5.47. The second-order valence-electron chi connectivity index (χ2n) is 4.41. The highest BCUT2D eigenvalue weighted by Crippen LogP contribution is 2.33. The Morgan fingerprint density at radius 2 is 2.14 bits per heavy atom. The van der Waals surface area contributed by atoms with Crippen molar-refractivity contribution in [3.63, 3.8) is 0 Å². The van der Waals surface area contributed by atoms with Gasteiger partial charge in [0.25, 0.3) is 0 Å². The van der Waals surface area contributed by atoms with Gasteiger partial charge in [-0.1, -0.05) is 0 Å². The highest BCUT2D eigenvalue weighted by Gasteiger charge is 2.16. The number of nitrogens with zero attached hydrogens (tertiary/aromatic N) is 2. The monoisotopic (exact) mass is 311 g/mol. The quantitative estimate of drug-likeness (QED) is 0.687. The van der Waals surface area contributed by atoms with Crippen LogP contribution in [-0.4, -0.2) is 12.6 Å². The van der Waals surface area contributed by atoms with Crippen LogP contribution in [0.2, 0.25) is 0 Å². The van der Waals surface area contributed by atoms with Gasteiger partial charge in [0.2, 0.25) is 0 Å². The molecule has 2 aromatic rings. The highest BCUT2D eigenvalue weighted by atomic mass is 32.1. The average Bonchev–Trinajstić information content (AvgIpc) is 2.85. The highest BCUT2D eigenvalue weighted by molar-refractivity contribution is 7.21. The molecule has 0 spiro atoms. The largest absolute Gasteiger partial charge is 0.462 e. The smallest absolute Gasteiger partial charge is 0.348 e. The fourth-order valence-electron chi connectivity index (χ4n) is 1.95. The van der Waals surface area contributed by atoms with Gasteiger partial charge in [0.1, 0.15) is 22.6 Å². The van der Waals surface area contributed by atoms with Gasteiger partial charge in [-0.05, 0) is 43.0 Å². The van der Waals surface area contributed by atoms with Crippen LogP contribution in [0.4, 0.5) is 5.69 Å². The lowest BCUT2D eigenvalue weighted by Crippen LogP contribution is -2.03. The summed E-state index contributed by atoms with van der Waals surface area (Å²) in [5.74, 6) is -0.313. The molecule has 0 bridgehead atoms. The van der Waals surface area contributed by atoms with Crippen LogP contribution < -0.4 is 5.32 Å². The molecule has 0 aliphatic rings. The third-order valence-corrected chi connectivity index (χ3v) is 4.27. The molecule has 22 heavy (non-hydrogen) atoms. The van der Waals surface area contributed by atoms with E-state index < -0.39 is 0 Å². The number of nitrogens with one attached hydrogen (secondary N) is 1. The predicted molar refractivity (Wildman–Crippen MR) is 85.5 cm³/mol. The minimum atomic E-state index is -0.313. The number of anilines is 1. The number of hydrogen-bond acceptors (Lipinski definition) is 6. The van der Waals surface area contributed by atoms with Crippen LogP contribution in [0.15, 0.2) is 30.0 Å². The molecule has 6 heteroatoms. The van der Waals surface area contributed by atoms with Crippen LogP contribution in [0.5, 0.6) is 0 Å². The summed E-state index contributed by atoms with van der Waals surface area (Å²) in [6, 6.07) is 9.17. The van der Waals surface area contributed by atoms with E-state index in [9.17, 15) is 4.79 Å². The summed E-state index contributed by atoms with van der Waals surface area (Å²) >= 11 is 1.39. The summed E-state index contributed by atoms with van der Waals surface area (Å²) in [5, 5.41) is 21.3. The number of aryl methyl sites for hydroxylation is 1. The van der Waals surface area contributed by atoms with Gasteiger partial charge in [-0.3, -0.25) is 0 Å². The van der Waals surface area contributed by atoms with Gasteiger partial charge in [-0.2, -0.15) is 10.5 Å². The topological polar surface area (TPSA) is 85.9 Å². The van der Waals surface area contributed by atoms with Crippen LogP contribution in [0.1, 0.15) is 22.2 Å². The first-order valence-corrected chi connectivity index (χ1v) is 7.39. The summed E-state index contributed by atoms with van der Waals surface area (Å²) in [4.78, 5) is 12.5. The third-order valence-electron chi connectivity index (χ3n) is 3.02. The normalized spacial score (nSPS) is 9.64. The lowest BCUT2D eigenvalue weighted by atomic mass is 10.1. The van der Waals surface area contributed by atoms with Gasteiger partial charge in [0.05, 0.1) is 6.61 Å². The molecule has 0 saturated heterocycles. The van der Waals surface area contributed by atoms with Gasteiger partial charge in [-0.25, -0.2) is 4.79 Å². The maximum absolute atomic E-state index is 11.9. The maximum atomic E-state index is 11.9. The molecule has 0 atom stereocenters. The summed E-state index contributed by atoms with van der Waals surface area (Å²) in [5.41, 5.74) is 1.60. The lowest BCUT2D eigenvalue weighted by molar-refractivity contribution is 0.0531. The van der Waals surface area contributed by atoms with Crippen molar-refractivity contribution in [2.24, 2.45) is 0 Å². The van der Waals surface area contributed by atoms with Gasteiger partial charge in [0, 0.05) is 16.6 Å². The Hall–Kier alpha value is -2.83. The summed E-state index contributed by atoms with van der Waals surface area (Å²) in [6.07, 6.45) is 1.36. The van der Waals surface area contributed by atoms with Crippen molar-refractivity contribution in [3.05, 3.63) is 40.4 Å². The Bertz CT molecular complexity index is 821. The Labute approximate surface area is 132 Å². The molecule has 1 heterocycles. The second kappa shape index (κ2) is 6.75. The summed E-state index contributed by atoms with van der Waals surface area (Å²) in [7, 11) is 0. The fraction of sp³-hybridized carbons (Fsp3) is 0.188. The fourth-order valence-corrected chi connectivity index (χ4v) is 3.03. The van der Waals surface area contributed by atoms with E-state index in [4.69, 9.17) is 15.3 Å². The molecule has 0 saturated carbocycles. The zero-order chi connectivity index (χ0) is 16.1. The lowest BCUT2D eigenvalue weighted by Gasteiger charge is -2.01. The number of ether oxygens (including phenoxy) is 1. The first-order valence-electron chi connectivity index (χ1n) is 6.57. The van der Waals surface area contributed by atoms with Gasteiger partial charge >= 0.3 is 5.97 Å². The Balaban J connectivity index is 2.37. The number of thiophene rings is 1. The molecular formula is C16H13N3O2S. The minimum Gasteiger partial charge on any atom is -0.462 e. The summed E-state index contributed by atoms with van der Waals surface area (Å²) in [6.45, 7) is 3.99. The Kier molecular flexibility index (Phi) is 4.77. The zero-order valence-electron chi connectivity index (χ0n) is 12.1. The van der Waals surface area contributed by atoms with Crippen LogP contribution >= 0.6 is 11.3 Å². The van der Waals surface area contributed by atoms with Crippen molar-refractivity contribution in [3.8, 4) is 12.1 Å². The van der Waals surface area contributed by atoms with Crippen LogP contribution in [0.3, 0.4) is 0 Å². The van der Waals surface area contributed by atoms with E-state index in [1.807, 2.05) is 25.1 Å². The molecule has 0 unspecified atom stereocenters. The molecule has 5 nitrogen and oxygen atoms in total. The van der Waals surface area contributed by atoms with Crippen molar-refractivity contribution >= 4 is 33.1 Å². The standard InChI is InChI=1S/C16H13N3O2S/c1-3-21-16(20)15-10(2)13-6-12(4-5-14(13)22-15)19-9-11(7-17)8-18/h4-6,9,19H,3H2,1-2H3. The number of nitriles is 2. The van der Waals surface area contributed by atoms with Crippen molar-refractivity contribution in [2.45, 2.75) is 13.8 Å². The summed E-state index contributed by atoms with van der Waals surface area (Å²) < 4.78 is 6.03. The number of rotatable bonds is 4. The minimum absolute atomic E-state index is 0.00523. The van der Waals surface area contributed by atoms with E-state index in [1.54, 1.807) is 19.1 Å². The van der Waals surface area contributed by atoms with Crippen molar-refractivity contribution in [1.82, 2.24) is 0 Å². The number of esters is 1. The molecule has 0 aliphatic heterocycles. The molecule has 2 rings (SSSR count). The predicted octanol–water partition coefficient (Wildman–Crippen LogP) is 3.73. The molecule has 0 aliphatic carbocycles. The molecular weight excluding hydrogens is 298 g/mol. The van der Waals surface area contributed by atoms with E-state index >= 15 is 0 Å². The SMILES string of the molecule is CCOC(=O)c1sc2ccc(NC=C(C#N)C#N)cc2c1C. The molecule has 1 aromatic heterocycles. The van der Waals surface area contributed by atoms with E-state index in [0.717, 1.165) is 21.3 Å². The van der Waals surface area contributed by atoms with Gasteiger partial charge in [0.15, 0.2) is 0 Å². The molecule has 0 radical (unpaired) electrons. The van der Waals surface area contributed by atoms with Crippen molar-refractivity contribution in [2.75, 3.05) is 11.9 Å². The van der Waals surface area contributed by atoms with E-state index in [2.05, 4.69) is 5.32 Å². The number of allylic oxidation sites excluding steroid dienone is 1. The molecule has 0 fully saturated rings. The number of hydrogen-bond donors (Lipinski definition) is 1. The van der Waals surface area contributed by atoms with E-state index in [0.29, 0.717) is 11.5 Å². The van der Waals surface area contributed by atoms with Crippen LogP contribution in [-0.2, 0) is 4.74 Å². The average molecular weight is 311 g/mol. The first-order chi connectivity index (χ1) is 10.6. The zero-order valence-corrected chi connectivity index (χ0v) is 13.0. The number of benzene rings is 1. The number of carbonyl (C=O) groups is 1. The first kappa shape index (κ1) is 15.6. The van der Waals surface area contributed by atoms with Crippen LogP contribution in [0.25, 0.3) is 10.1 Å². The van der Waals surface area contributed by atoms with Crippen molar-refractivity contribution in [1.29, 1.82) is 10.5 Å². The molecule has 1 aromatic carbocycles. The maximum Gasteiger partial charge on any atom is 0.348 e. The van der Waals surface area contributed by atoms with Crippen LogP contribution in [0, 0.1) is 29.6 Å². The van der Waals surface area contributed by atoms with Crippen molar-refractivity contribution < 1.29 is 9.53 Å². The Morgan fingerprint density at radius 3 is 2.77 bits per heavy atom. The number of fused-ring (bicyclic) bond motifs is 1. The van der Waals surface area contributed by atoms with Gasteiger partial charge < -0.3 is 10.1 Å². The molecule has 1 N–H and O–H groups in total. The number of carbonyl (C=O) groups excluding carboxylic acids is 1.